The van der Waals surface area contributed by atoms with E-state index in [1.165, 1.54) is 5.56 Å². The Labute approximate surface area is 134 Å². The van der Waals surface area contributed by atoms with E-state index in [1.807, 2.05) is 47.0 Å². The van der Waals surface area contributed by atoms with Crippen LogP contribution in [0.15, 0.2) is 77.6 Å². The van der Waals surface area contributed by atoms with Gasteiger partial charge in [-0.15, -0.1) is 0 Å². The van der Waals surface area contributed by atoms with Gasteiger partial charge >= 0.3 is 0 Å². The number of hydrogen-bond donors (Lipinski definition) is 0. The third kappa shape index (κ3) is 2.33. The number of aryl methyl sites for hydroxylation is 1. The summed E-state index contributed by atoms with van der Waals surface area (Å²) in [5.74, 6) is 0. The molecule has 3 aromatic carbocycles. The number of para-hydroxylation sites is 1. The molecule has 1 aromatic heterocycles. The first-order valence-corrected chi connectivity index (χ1v) is 7.80. The summed E-state index contributed by atoms with van der Waals surface area (Å²) < 4.78 is 1.88. The number of aromatic nitrogens is 1. The quantitative estimate of drug-likeness (QED) is 0.499. The van der Waals surface area contributed by atoms with Crippen molar-refractivity contribution < 1.29 is 0 Å². The molecule has 23 heavy (non-hydrogen) atoms. The van der Waals surface area contributed by atoms with Gasteiger partial charge in [0.1, 0.15) is 0 Å². The number of benzene rings is 3. The fourth-order valence-electron chi connectivity index (χ4n) is 3.13. The Bertz CT molecular complexity index is 1060. The number of rotatable bonds is 2. The largest absolute Gasteiger partial charge is 0.303 e. The molecular formula is C21H17NO. The molecule has 4 rings (SSSR count). The third-order valence-corrected chi connectivity index (χ3v) is 4.35. The van der Waals surface area contributed by atoms with Crippen LogP contribution in [0.4, 0.5) is 0 Å². The fourth-order valence-corrected chi connectivity index (χ4v) is 3.13. The topological polar surface area (TPSA) is 22.0 Å². The van der Waals surface area contributed by atoms with Gasteiger partial charge in [0.15, 0.2) is 0 Å². The lowest BCUT2D eigenvalue weighted by Crippen LogP contribution is -2.21. The summed E-state index contributed by atoms with van der Waals surface area (Å²) in [6.45, 7) is 2.66. The predicted octanol–water partition coefficient (Wildman–Crippen LogP) is 4.51. The maximum absolute atomic E-state index is 13.0. The van der Waals surface area contributed by atoms with Gasteiger partial charge in [-0.05, 0) is 30.0 Å². The minimum atomic E-state index is 0.0693. The fraction of sp³-hybridized carbons (Fsp3) is 0.0952. The molecule has 112 valence electrons. The summed E-state index contributed by atoms with van der Waals surface area (Å²) in [6.07, 6.45) is 0. The first-order chi connectivity index (χ1) is 11.2. The van der Waals surface area contributed by atoms with Crippen LogP contribution in [0.3, 0.4) is 0 Å². The number of fused-ring (bicyclic) bond motifs is 3. The molecule has 0 aliphatic rings. The van der Waals surface area contributed by atoms with Gasteiger partial charge in [0.25, 0.3) is 5.56 Å². The lowest BCUT2D eigenvalue weighted by molar-refractivity contribution is 0.802. The van der Waals surface area contributed by atoms with Crippen molar-refractivity contribution in [3.05, 3.63) is 94.3 Å². The molecule has 0 saturated heterocycles. The van der Waals surface area contributed by atoms with Crippen LogP contribution < -0.4 is 5.56 Å². The Balaban J connectivity index is 2.02. The van der Waals surface area contributed by atoms with Crippen LogP contribution in [0, 0.1) is 6.92 Å². The predicted molar refractivity (Wildman–Crippen MR) is 96.0 cm³/mol. The molecule has 2 nitrogen and oxygen atoms in total. The van der Waals surface area contributed by atoms with Crippen molar-refractivity contribution in [3.63, 3.8) is 0 Å². The second-order valence-corrected chi connectivity index (χ2v) is 5.94. The van der Waals surface area contributed by atoms with Gasteiger partial charge in [-0.3, -0.25) is 4.79 Å². The lowest BCUT2D eigenvalue weighted by Gasteiger charge is -2.13. The van der Waals surface area contributed by atoms with E-state index in [9.17, 15) is 4.79 Å². The average molecular weight is 299 g/mol. The number of nitrogens with zero attached hydrogens (tertiary/aromatic N) is 1. The highest BCUT2D eigenvalue weighted by molar-refractivity contribution is 6.05. The van der Waals surface area contributed by atoms with Crippen LogP contribution in [-0.2, 0) is 6.54 Å². The van der Waals surface area contributed by atoms with Crippen molar-refractivity contribution in [1.82, 2.24) is 4.57 Å². The van der Waals surface area contributed by atoms with Crippen LogP contribution in [0.2, 0.25) is 0 Å². The van der Waals surface area contributed by atoms with Gasteiger partial charge in [0, 0.05) is 10.8 Å². The monoisotopic (exact) mass is 299 g/mol. The minimum Gasteiger partial charge on any atom is -0.303 e. The van der Waals surface area contributed by atoms with E-state index in [-0.39, 0.29) is 5.56 Å². The third-order valence-electron chi connectivity index (χ3n) is 4.35. The SMILES string of the molecule is Cc1ccc(Cn2c(=O)c3ccccc3c3ccccc32)cc1. The molecule has 1 heterocycles. The molecule has 0 unspecified atom stereocenters. The normalized spacial score (nSPS) is 11.2. The Morgan fingerprint density at radius 2 is 1.35 bits per heavy atom. The molecule has 2 heteroatoms. The molecule has 0 amide bonds. The zero-order chi connectivity index (χ0) is 15.8. The summed E-state index contributed by atoms with van der Waals surface area (Å²) in [4.78, 5) is 13.0. The Hall–Kier alpha value is -2.87. The highest BCUT2D eigenvalue weighted by Crippen LogP contribution is 2.23. The smallest absolute Gasteiger partial charge is 0.259 e. The van der Waals surface area contributed by atoms with Crippen molar-refractivity contribution in [1.29, 1.82) is 0 Å². The van der Waals surface area contributed by atoms with E-state index in [4.69, 9.17) is 0 Å². The van der Waals surface area contributed by atoms with Crippen LogP contribution >= 0.6 is 0 Å². The molecule has 0 aliphatic heterocycles. The lowest BCUT2D eigenvalue weighted by atomic mass is 10.1. The molecule has 0 radical (unpaired) electrons. The van der Waals surface area contributed by atoms with E-state index >= 15 is 0 Å². The molecule has 0 saturated carbocycles. The van der Waals surface area contributed by atoms with Gasteiger partial charge in [0.05, 0.1) is 12.1 Å². The van der Waals surface area contributed by atoms with Crippen LogP contribution in [0.25, 0.3) is 21.7 Å². The molecule has 0 bridgehead atoms. The maximum atomic E-state index is 13.0. The first-order valence-electron chi connectivity index (χ1n) is 7.80. The zero-order valence-corrected chi connectivity index (χ0v) is 13.0. The standard InChI is InChI=1S/C21H17NO/c1-15-10-12-16(13-11-15)14-22-20-9-5-4-7-18(20)17-6-2-3-8-19(17)21(22)23/h2-13H,14H2,1H3. The van der Waals surface area contributed by atoms with E-state index in [1.54, 1.807) is 0 Å². The van der Waals surface area contributed by atoms with E-state index in [0.29, 0.717) is 6.54 Å². The van der Waals surface area contributed by atoms with Crippen molar-refractivity contribution >= 4 is 21.7 Å². The molecule has 4 aromatic rings. The van der Waals surface area contributed by atoms with Crippen molar-refractivity contribution in [2.24, 2.45) is 0 Å². The van der Waals surface area contributed by atoms with Crippen molar-refractivity contribution in [2.45, 2.75) is 13.5 Å². The highest BCUT2D eigenvalue weighted by Gasteiger charge is 2.10. The zero-order valence-electron chi connectivity index (χ0n) is 13.0. The Kier molecular flexibility index (Phi) is 3.23. The van der Waals surface area contributed by atoms with Gasteiger partial charge in [0.2, 0.25) is 0 Å². The summed E-state index contributed by atoms with van der Waals surface area (Å²) >= 11 is 0. The highest BCUT2D eigenvalue weighted by atomic mass is 16.1. The minimum absolute atomic E-state index is 0.0693. The van der Waals surface area contributed by atoms with Crippen LogP contribution in [0.1, 0.15) is 11.1 Å². The van der Waals surface area contributed by atoms with Crippen LogP contribution in [0.5, 0.6) is 0 Å². The molecule has 0 N–H and O–H groups in total. The molecule has 0 fully saturated rings. The number of hydrogen-bond acceptors (Lipinski definition) is 1. The van der Waals surface area contributed by atoms with Gasteiger partial charge < -0.3 is 4.57 Å². The van der Waals surface area contributed by atoms with E-state index in [0.717, 1.165) is 27.2 Å². The summed E-state index contributed by atoms with van der Waals surface area (Å²) in [7, 11) is 0. The van der Waals surface area contributed by atoms with Crippen LogP contribution in [-0.4, -0.2) is 4.57 Å². The molecule has 0 aliphatic carbocycles. The second kappa shape index (κ2) is 5.40. The van der Waals surface area contributed by atoms with E-state index < -0.39 is 0 Å². The van der Waals surface area contributed by atoms with Gasteiger partial charge in [-0.25, -0.2) is 0 Å². The molecule has 0 spiro atoms. The summed E-state index contributed by atoms with van der Waals surface area (Å²) in [5.41, 5.74) is 3.42. The van der Waals surface area contributed by atoms with Crippen molar-refractivity contribution in [2.75, 3.05) is 0 Å². The maximum Gasteiger partial charge on any atom is 0.259 e. The van der Waals surface area contributed by atoms with E-state index in [2.05, 4.69) is 37.3 Å². The number of pyridine rings is 1. The van der Waals surface area contributed by atoms with Crippen molar-refractivity contribution in [3.8, 4) is 0 Å². The first kappa shape index (κ1) is 13.8. The molecule has 0 atom stereocenters. The van der Waals surface area contributed by atoms with Gasteiger partial charge in [-0.2, -0.15) is 0 Å². The summed E-state index contributed by atoms with van der Waals surface area (Å²) in [5, 5.41) is 2.92. The Morgan fingerprint density at radius 1 is 0.739 bits per heavy atom. The summed E-state index contributed by atoms with van der Waals surface area (Å²) in [6, 6.07) is 24.3. The average Bonchev–Trinajstić information content (AvgIpc) is 2.60. The molecular weight excluding hydrogens is 282 g/mol. The second-order valence-electron chi connectivity index (χ2n) is 5.94. The van der Waals surface area contributed by atoms with Gasteiger partial charge in [-0.1, -0.05) is 66.2 Å². The Morgan fingerprint density at radius 3 is 2.09 bits per heavy atom.